The number of hydrogen-bond donors (Lipinski definition) is 2. The van der Waals surface area contributed by atoms with Crippen molar-refractivity contribution in [3.8, 4) is 0 Å². The topological polar surface area (TPSA) is 84.2 Å². The van der Waals surface area contributed by atoms with Crippen LogP contribution in [-0.4, -0.2) is 41.1 Å². The fraction of sp³-hybridized carbons (Fsp3) is 0.667. The maximum Gasteiger partial charge on any atom is 0.255 e. The highest BCUT2D eigenvalue weighted by atomic mass is 16.5. The molecule has 1 saturated heterocycles. The fourth-order valence-electron chi connectivity index (χ4n) is 2.11. The van der Waals surface area contributed by atoms with E-state index < -0.39 is 0 Å². The Morgan fingerprint density at radius 2 is 2.39 bits per heavy atom. The van der Waals surface area contributed by atoms with Crippen LogP contribution in [0.25, 0.3) is 0 Å². The highest BCUT2D eigenvalue weighted by Gasteiger charge is 2.24. The Hall–Kier alpha value is -1.40. The van der Waals surface area contributed by atoms with Crippen molar-refractivity contribution in [2.45, 2.75) is 26.4 Å². The Morgan fingerprint density at radius 3 is 3.06 bits per heavy atom. The Bertz CT molecular complexity index is 470. The molecule has 2 rings (SSSR count). The third-order valence-corrected chi connectivity index (χ3v) is 3.20. The van der Waals surface area contributed by atoms with Crippen LogP contribution >= 0.6 is 0 Å². The van der Waals surface area contributed by atoms with E-state index in [4.69, 9.17) is 10.5 Å². The molecule has 1 fully saturated rings. The molecule has 0 bridgehead atoms. The van der Waals surface area contributed by atoms with E-state index in [0.29, 0.717) is 18.0 Å². The first kappa shape index (κ1) is 13.0. The molecule has 18 heavy (non-hydrogen) atoms. The second-order valence-electron chi connectivity index (χ2n) is 4.62. The van der Waals surface area contributed by atoms with E-state index in [1.54, 1.807) is 6.92 Å². The fourth-order valence-corrected chi connectivity index (χ4v) is 2.11. The number of ether oxygens (including phenoxy) is 1. The van der Waals surface area contributed by atoms with Crippen molar-refractivity contribution in [3.63, 3.8) is 0 Å². The number of H-pyrrole nitrogens is 1. The number of nitrogens with two attached hydrogens (primary N) is 1. The van der Waals surface area contributed by atoms with Crippen molar-refractivity contribution in [3.05, 3.63) is 21.7 Å². The van der Waals surface area contributed by atoms with Crippen molar-refractivity contribution in [2.75, 3.05) is 32.0 Å². The van der Waals surface area contributed by atoms with Gasteiger partial charge < -0.3 is 15.5 Å². The average Bonchev–Trinajstić information content (AvgIpc) is 2.36. The molecule has 100 valence electrons. The predicted molar refractivity (Wildman–Crippen MR) is 69.4 cm³/mol. The number of rotatable bonds is 3. The monoisotopic (exact) mass is 252 g/mol. The van der Waals surface area contributed by atoms with Gasteiger partial charge in [-0.2, -0.15) is 0 Å². The molecule has 0 amide bonds. The van der Waals surface area contributed by atoms with E-state index in [9.17, 15) is 4.79 Å². The predicted octanol–water partition coefficient (Wildman–Crippen LogP) is 0.444. The lowest BCUT2D eigenvalue weighted by atomic mass is 10.2. The molecule has 0 spiro atoms. The molecule has 0 aromatic carbocycles. The lowest BCUT2D eigenvalue weighted by molar-refractivity contribution is -0.0342. The molecule has 3 N–H and O–H groups in total. The highest BCUT2D eigenvalue weighted by Crippen LogP contribution is 2.19. The van der Waals surface area contributed by atoms with E-state index in [1.165, 1.54) is 0 Å². The van der Waals surface area contributed by atoms with Gasteiger partial charge in [0.15, 0.2) is 0 Å². The summed E-state index contributed by atoms with van der Waals surface area (Å²) in [7, 11) is 0. The smallest absolute Gasteiger partial charge is 0.255 e. The molecule has 1 unspecified atom stereocenters. The summed E-state index contributed by atoms with van der Waals surface area (Å²) >= 11 is 0. The van der Waals surface area contributed by atoms with Crippen LogP contribution in [0.3, 0.4) is 0 Å². The quantitative estimate of drug-likeness (QED) is 0.815. The average molecular weight is 252 g/mol. The van der Waals surface area contributed by atoms with Crippen LogP contribution in [0.4, 0.5) is 5.82 Å². The number of nitrogens with one attached hydrogen (secondary N) is 1. The summed E-state index contributed by atoms with van der Waals surface area (Å²) in [5.74, 6) is 0.814. The van der Waals surface area contributed by atoms with Crippen LogP contribution in [0.15, 0.2) is 4.79 Å². The summed E-state index contributed by atoms with van der Waals surface area (Å²) in [4.78, 5) is 20.9. The number of hydrogen-bond acceptors (Lipinski definition) is 5. The Morgan fingerprint density at radius 1 is 1.61 bits per heavy atom. The van der Waals surface area contributed by atoms with E-state index >= 15 is 0 Å². The van der Waals surface area contributed by atoms with E-state index in [0.717, 1.165) is 26.1 Å². The van der Waals surface area contributed by atoms with Gasteiger partial charge in [-0.1, -0.05) is 6.92 Å². The number of nitrogens with zero attached hydrogens (tertiary/aromatic N) is 2. The minimum absolute atomic E-state index is 0.186. The maximum absolute atomic E-state index is 11.7. The zero-order chi connectivity index (χ0) is 13.1. The number of anilines is 1. The third kappa shape index (κ3) is 2.70. The van der Waals surface area contributed by atoms with Crippen LogP contribution in [-0.2, 0) is 4.74 Å². The largest absolute Gasteiger partial charge is 0.383 e. The summed E-state index contributed by atoms with van der Waals surface area (Å²) in [5, 5.41) is 0. The number of aromatic amines is 1. The molecular formula is C12H20N4O2. The van der Waals surface area contributed by atoms with Gasteiger partial charge in [-0.05, 0) is 19.9 Å². The van der Waals surface area contributed by atoms with Crippen LogP contribution in [0.5, 0.6) is 0 Å². The van der Waals surface area contributed by atoms with Gasteiger partial charge in [0, 0.05) is 13.1 Å². The van der Waals surface area contributed by atoms with Crippen molar-refractivity contribution in [1.82, 2.24) is 14.9 Å². The Labute approximate surface area is 106 Å². The summed E-state index contributed by atoms with van der Waals surface area (Å²) in [6.45, 7) is 7.17. The van der Waals surface area contributed by atoms with Gasteiger partial charge in [0.2, 0.25) is 0 Å². The maximum atomic E-state index is 11.7. The Balaban J connectivity index is 2.18. The second-order valence-corrected chi connectivity index (χ2v) is 4.62. The molecule has 1 aromatic rings. The summed E-state index contributed by atoms with van der Waals surface area (Å²) in [6.07, 6.45) is 0.910. The number of morpholine rings is 1. The van der Waals surface area contributed by atoms with Crippen molar-refractivity contribution in [1.29, 1.82) is 0 Å². The highest BCUT2D eigenvalue weighted by molar-refractivity contribution is 5.36. The van der Waals surface area contributed by atoms with Gasteiger partial charge in [0.1, 0.15) is 17.7 Å². The first-order chi connectivity index (χ1) is 8.61. The lowest BCUT2D eigenvalue weighted by Crippen LogP contribution is -2.39. The minimum Gasteiger partial charge on any atom is -0.383 e. The van der Waals surface area contributed by atoms with Crippen molar-refractivity contribution < 1.29 is 4.74 Å². The molecule has 6 nitrogen and oxygen atoms in total. The molecule has 1 atom stereocenters. The zero-order valence-electron chi connectivity index (χ0n) is 10.9. The van der Waals surface area contributed by atoms with Gasteiger partial charge in [-0.15, -0.1) is 0 Å². The van der Waals surface area contributed by atoms with Crippen LogP contribution in [0.2, 0.25) is 0 Å². The summed E-state index contributed by atoms with van der Waals surface area (Å²) in [6, 6.07) is 0. The number of nitrogen functional groups attached to an aromatic ring is 1. The third-order valence-electron chi connectivity index (χ3n) is 3.20. The van der Waals surface area contributed by atoms with Gasteiger partial charge >= 0.3 is 0 Å². The van der Waals surface area contributed by atoms with Crippen LogP contribution in [0, 0.1) is 6.92 Å². The van der Waals surface area contributed by atoms with Gasteiger partial charge in [-0.3, -0.25) is 9.69 Å². The van der Waals surface area contributed by atoms with E-state index in [2.05, 4.69) is 21.8 Å². The molecule has 1 aromatic heterocycles. The van der Waals surface area contributed by atoms with Crippen molar-refractivity contribution in [2.24, 2.45) is 0 Å². The standard InChI is InChI=1S/C12H20N4O2/c1-3-4-16-5-6-18-9(7-16)11-14-10(13)8(2)12(17)15-11/h9H,3-7H2,1-2H3,(H3,13,14,15,17). The molecule has 0 radical (unpaired) electrons. The number of aromatic nitrogens is 2. The SMILES string of the molecule is CCCN1CCOC(c2nc(N)c(C)c(=O)[nH]2)C1. The first-order valence-corrected chi connectivity index (χ1v) is 6.32. The van der Waals surface area contributed by atoms with Gasteiger partial charge in [0.05, 0.1) is 12.2 Å². The molecule has 0 aliphatic carbocycles. The zero-order valence-corrected chi connectivity index (χ0v) is 10.9. The minimum atomic E-state index is -0.194. The normalized spacial score (nSPS) is 21.1. The molecule has 1 aliphatic heterocycles. The summed E-state index contributed by atoms with van der Waals surface area (Å²) in [5.41, 5.74) is 5.99. The first-order valence-electron chi connectivity index (χ1n) is 6.32. The molecule has 6 heteroatoms. The molecule has 0 saturated carbocycles. The van der Waals surface area contributed by atoms with E-state index in [-0.39, 0.29) is 17.5 Å². The second kappa shape index (κ2) is 5.49. The molecular weight excluding hydrogens is 232 g/mol. The lowest BCUT2D eigenvalue weighted by Gasteiger charge is -2.32. The Kier molecular flexibility index (Phi) is 3.98. The van der Waals surface area contributed by atoms with Crippen LogP contribution in [0.1, 0.15) is 30.8 Å². The van der Waals surface area contributed by atoms with Gasteiger partial charge in [0.25, 0.3) is 5.56 Å². The molecule has 1 aliphatic rings. The van der Waals surface area contributed by atoms with E-state index in [1.807, 2.05) is 0 Å². The van der Waals surface area contributed by atoms with Crippen LogP contribution < -0.4 is 11.3 Å². The molecule has 2 heterocycles. The summed E-state index contributed by atoms with van der Waals surface area (Å²) < 4.78 is 5.66. The van der Waals surface area contributed by atoms with Gasteiger partial charge in [-0.25, -0.2) is 4.98 Å². The van der Waals surface area contributed by atoms with Crippen molar-refractivity contribution >= 4 is 5.82 Å².